The fraction of sp³-hybridized carbons (Fsp3) is 0. The molecule has 3 aromatic rings. The largest absolute Gasteiger partial charge is 0.331 e. The summed E-state index contributed by atoms with van der Waals surface area (Å²) >= 11 is 10.9. The minimum atomic E-state index is -0.563. The molecule has 4 rings (SSSR count). The highest BCUT2D eigenvalue weighted by Gasteiger charge is 2.33. The minimum absolute atomic E-state index is 0.00840. The van der Waals surface area contributed by atoms with Gasteiger partial charge in [-0.1, -0.05) is 35.9 Å². The lowest BCUT2D eigenvalue weighted by atomic mass is 9.95. The van der Waals surface area contributed by atoms with Crippen LogP contribution in [0.5, 0.6) is 0 Å². The number of nitrogens with one attached hydrogen (secondary N) is 2. The Balaban J connectivity index is 1.61. The molecule has 0 radical (unpaired) electrons. The summed E-state index contributed by atoms with van der Waals surface area (Å²) in [5.41, 5.74) is 3.83. The molecule has 134 valence electrons. The summed E-state index contributed by atoms with van der Waals surface area (Å²) in [7, 11) is 0. The molecule has 2 amide bonds. The summed E-state index contributed by atoms with van der Waals surface area (Å²) < 4.78 is 13.3. The van der Waals surface area contributed by atoms with E-state index in [-0.39, 0.29) is 10.1 Å². The number of hydrogen-bond donors (Lipinski definition) is 2. The zero-order valence-corrected chi connectivity index (χ0v) is 15.2. The van der Waals surface area contributed by atoms with Gasteiger partial charge in [0.05, 0.1) is 16.1 Å². The smallest absolute Gasteiger partial charge is 0.280 e. The van der Waals surface area contributed by atoms with E-state index in [2.05, 4.69) is 10.7 Å². The zero-order chi connectivity index (χ0) is 19.1. The molecule has 0 bridgehead atoms. The molecule has 0 aromatic heterocycles. The van der Waals surface area contributed by atoms with Gasteiger partial charge in [0.1, 0.15) is 5.82 Å². The van der Waals surface area contributed by atoms with Gasteiger partial charge in [-0.2, -0.15) is 5.01 Å². The highest BCUT2D eigenvalue weighted by molar-refractivity contribution is 7.80. The maximum absolute atomic E-state index is 13.3. The Labute approximate surface area is 163 Å². The van der Waals surface area contributed by atoms with E-state index < -0.39 is 17.6 Å². The molecule has 0 saturated heterocycles. The van der Waals surface area contributed by atoms with Crippen LogP contribution in [-0.4, -0.2) is 21.9 Å². The molecule has 0 unspecified atom stereocenters. The lowest BCUT2D eigenvalue weighted by molar-refractivity contribution is 0.0568. The van der Waals surface area contributed by atoms with Gasteiger partial charge in [-0.15, -0.1) is 0 Å². The zero-order valence-electron chi connectivity index (χ0n) is 13.6. The van der Waals surface area contributed by atoms with Crippen molar-refractivity contribution in [3.8, 4) is 0 Å². The van der Waals surface area contributed by atoms with Crippen LogP contribution in [0.25, 0.3) is 10.8 Å². The number of nitrogens with zero attached hydrogens (tertiary/aromatic N) is 1. The van der Waals surface area contributed by atoms with E-state index in [1.165, 1.54) is 18.2 Å². The molecule has 5 nitrogen and oxygen atoms in total. The van der Waals surface area contributed by atoms with Crippen molar-refractivity contribution in [3.63, 3.8) is 0 Å². The van der Waals surface area contributed by atoms with Crippen LogP contribution in [0.1, 0.15) is 20.7 Å². The number of hydrazine groups is 1. The van der Waals surface area contributed by atoms with Crippen LogP contribution in [-0.2, 0) is 0 Å². The van der Waals surface area contributed by atoms with Crippen molar-refractivity contribution in [1.82, 2.24) is 10.4 Å². The number of rotatable bonds is 2. The topological polar surface area (TPSA) is 61.4 Å². The second kappa shape index (κ2) is 6.61. The van der Waals surface area contributed by atoms with E-state index >= 15 is 0 Å². The monoisotopic (exact) mass is 399 g/mol. The Morgan fingerprint density at radius 2 is 1.63 bits per heavy atom. The number of carbonyl (C=O) groups is 2. The Bertz CT molecular complexity index is 1080. The van der Waals surface area contributed by atoms with Crippen LogP contribution in [0.15, 0.2) is 54.6 Å². The maximum Gasteiger partial charge on any atom is 0.280 e. The summed E-state index contributed by atoms with van der Waals surface area (Å²) in [5.74, 6) is -1.58. The first-order valence-electron chi connectivity index (χ1n) is 7.89. The summed E-state index contributed by atoms with van der Waals surface area (Å²) in [6.45, 7) is 0. The summed E-state index contributed by atoms with van der Waals surface area (Å²) in [5, 5.41) is 4.98. The van der Waals surface area contributed by atoms with Gasteiger partial charge in [-0.05, 0) is 47.9 Å². The second-order valence-corrected chi connectivity index (χ2v) is 6.67. The van der Waals surface area contributed by atoms with E-state index in [9.17, 15) is 14.0 Å². The molecular weight excluding hydrogens is 389 g/mol. The van der Waals surface area contributed by atoms with Gasteiger partial charge < -0.3 is 5.32 Å². The van der Waals surface area contributed by atoms with Crippen molar-refractivity contribution in [2.75, 3.05) is 5.32 Å². The SMILES string of the molecule is O=C1c2cccc3cccc(c23)C(=O)N1NC(=S)Nc1ccc(F)c(Cl)c1. The fourth-order valence-electron chi connectivity index (χ4n) is 2.97. The van der Waals surface area contributed by atoms with Gasteiger partial charge in [0.25, 0.3) is 11.8 Å². The summed E-state index contributed by atoms with van der Waals surface area (Å²) in [4.78, 5) is 25.6. The maximum atomic E-state index is 13.3. The first-order chi connectivity index (χ1) is 13.0. The first kappa shape index (κ1) is 17.4. The van der Waals surface area contributed by atoms with Gasteiger partial charge in [0.15, 0.2) is 5.11 Å². The van der Waals surface area contributed by atoms with Crippen LogP contribution in [0.3, 0.4) is 0 Å². The molecule has 0 atom stereocenters. The Morgan fingerprint density at radius 1 is 1.00 bits per heavy atom. The molecule has 27 heavy (non-hydrogen) atoms. The van der Waals surface area contributed by atoms with Crippen molar-refractivity contribution < 1.29 is 14.0 Å². The lowest BCUT2D eigenvalue weighted by Crippen LogP contribution is -2.52. The minimum Gasteiger partial charge on any atom is -0.331 e. The highest BCUT2D eigenvalue weighted by Crippen LogP contribution is 2.29. The number of amides is 2. The van der Waals surface area contributed by atoms with E-state index in [4.69, 9.17) is 23.8 Å². The van der Waals surface area contributed by atoms with Crippen molar-refractivity contribution in [2.45, 2.75) is 0 Å². The molecule has 0 aliphatic carbocycles. The third-order valence-corrected chi connectivity index (χ3v) is 4.65. The van der Waals surface area contributed by atoms with Gasteiger partial charge in [0, 0.05) is 11.1 Å². The predicted octanol–water partition coefficient (Wildman–Crippen LogP) is 4.13. The summed E-state index contributed by atoms with van der Waals surface area (Å²) in [6, 6.07) is 14.5. The highest BCUT2D eigenvalue weighted by atomic mass is 35.5. The van der Waals surface area contributed by atoms with E-state index in [1.807, 2.05) is 12.1 Å². The molecular formula is C19H11ClFN3O2S. The third-order valence-electron chi connectivity index (χ3n) is 4.16. The molecule has 0 saturated carbocycles. The molecule has 2 N–H and O–H groups in total. The van der Waals surface area contributed by atoms with E-state index in [0.29, 0.717) is 22.2 Å². The lowest BCUT2D eigenvalue weighted by Gasteiger charge is -2.28. The molecule has 1 aliphatic rings. The molecule has 3 aromatic carbocycles. The number of benzene rings is 3. The van der Waals surface area contributed by atoms with Crippen LogP contribution in [0.4, 0.5) is 10.1 Å². The van der Waals surface area contributed by atoms with Crippen LogP contribution < -0.4 is 10.7 Å². The Hall–Kier alpha value is -3.03. The van der Waals surface area contributed by atoms with Gasteiger partial charge >= 0.3 is 0 Å². The molecule has 1 aliphatic heterocycles. The quantitative estimate of drug-likeness (QED) is 0.501. The van der Waals surface area contributed by atoms with Crippen molar-refractivity contribution in [1.29, 1.82) is 0 Å². The van der Waals surface area contributed by atoms with Gasteiger partial charge in [-0.3, -0.25) is 15.0 Å². The normalized spacial score (nSPS) is 13.0. The van der Waals surface area contributed by atoms with Crippen LogP contribution >= 0.6 is 23.8 Å². The van der Waals surface area contributed by atoms with Crippen molar-refractivity contribution in [3.05, 3.63) is 76.6 Å². The molecule has 8 heteroatoms. The van der Waals surface area contributed by atoms with E-state index in [1.54, 1.807) is 24.3 Å². The number of hydrogen-bond acceptors (Lipinski definition) is 3. The molecule has 0 spiro atoms. The van der Waals surface area contributed by atoms with Crippen LogP contribution in [0.2, 0.25) is 5.02 Å². The number of halogens is 2. The van der Waals surface area contributed by atoms with Crippen molar-refractivity contribution in [2.24, 2.45) is 0 Å². The van der Waals surface area contributed by atoms with Gasteiger partial charge in [-0.25, -0.2) is 4.39 Å². The second-order valence-electron chi connectivity index (χ2n) is 5.85. The molecule has 0 fully saturated rings. The standard InChI is InChI=1S/C19H11ClFN3O2S/c20-14-9-11(7-8-15(14)21)22-19(27)23-24-17(25)12-5-1-3-10-4-2-6-13(16(10)12)18(24)26/h1-9H,(H2,22,23,27). The number of thiocarbonyl (C=S) groups is 1. The number of anilines is 1. The summed E-state index contributed by atoms with van der Waals surface area (Å²) in [6.07, 6.45) is 0. The van der Waals surface area contributed by atoms with E-state index in [0.717, 1.165) is 10.4 Å². The fourth-order valence-corrected chi connectivity index (χ4v) is 3.36. The number of carbonyl (C=O) groups excluding carboxylic acids is 2. The number of imide groups is 1. The van der Waals surface area contributed by atoms with Crippen molar-refractivity contribution >= 4 is 57.2 Å². The average Bonchev–Trinajstić information content (AvgIpc) is 2.66. The molecule has 1 heterocycles. The third kappa shape index (κ3) is 3.01. The Morgan fingerprint density at radius 3 is 2.22 bits per heavy atom. The Kier molecular flexibility index (Phi) is 4.25. The van der Waals surface area contributed by atoms with Crippen LogP contribution in [0, 0.1) is 5.82 Å². The first-order valence-corrected chi connectivity index (χ1v) is 8.67. The average molecular weight is 400 g/mol. The van der Waals surface area contributed by atoms with Gasteiger partial charge in [0.2, 0.25) is 0 Å². The predicted molar refractivity (Wildman–Crippen MR) is 105 cm³/mol.